The molecule has 1 aliphatic heterocycles. The maximum Gasteiger partial charge on any atom is 0.340 e. The van der Waals surface area contributed by atoms with E-state index in [0.717, 1.165) is 5.57 Å². The fraction of sp³-hybridized carbons (Fsp3) is 0.500. The van der Waals surface area contributed by atoms with Crippen LogP contribution in [0.15, 0.2) is 23.8 Å². The summed E-state index contributed by atoms with van der Waals surface area (Å²) in [6, 6.07) is 5.24. The summed E-state index contributed by atoms with van der Waals surface area (Å²) in [4.78, 5) is 11.7. The van der Waals surface area contributed by atoms with Gasteiger partial charge in [0, 0.05) is 11.0 Å². The van der Waals surface area contributed by atoms with Crippen molar-refractivity contribution in [3.63, 3.8) is 0 Å². The van der Waals surface area contributed by atoms with E-state index in [4.69, 9.17) is 9.47 Å². The molecule has 0 unspecified atom stereocenters. The number of hydrogen-bond donors (Lipinski definition) is 1. The molecule has 0 fully saturated rings. The standard InChI is InChI=1S/C18H24O4/c1-17(2,3)15-14(22-10-18(15,4)5)11-8-7-9-12(21-6)13(11)16(19)20/h7-9H,10H2,1-6H3,(H,19,20). The first-order valence-electron chi connectivity index (χ1n) is 7.38. The zero-order valence-corrected chi connectivity index (χ0v) is 14.1. The topological polar surface area (TPSA) is 55.8 Å². The first-order valence-corrected chi connectivity index (χ1v) is 7.38. The lowest BCUT2D eigenvalue weighted by Gasteiger charge is -2.31. The Morgan fingerprint density at radius 1 is 1.32 bits per heavy atom. The number of hydrogen-bond acceptors (Lipinski definition) is 3. The minimum atomic E-state index is -1.01. The molecular weight excluding hydrogens is 280 g/mol. The van der Waals surface area contributed by atoms with E-state index in [-0.39, 0.29) is 16.4 Å². The summed E-state index contributed by atoms with van der Waals surface area (Å²) < 4.78 is 11.2. The molecule has 0 saturated carbocycles. The Morgan fingerprint density at radius 3 is 2.45 bits per heavy atom. The van der Waals surface area contributed by atoms with Gasteiger partial charge >= 0.3 is 5.97 Å². The molecule has 1 heterocycles. The Labute approximate surface area is 131 Å². The molecule has 0 amide bonds. The van der Waals surface area contributed by atoms with E-state index in [1.807, 2.05) is 0 Å². The van der Waals surface area contributed by atoms with Crippen LogP contribution in [0.2, 0.25) is 0 Å². The molecule has 1 aromatic rings. The van der Waals surface area contributed by atoms with E-state index in [1.54, 1.807) is 18.2 Å². The maximum atomic E-state index is 11.7. The summed E-state index contributed by atoms with van der Waals surface area (Å²) in [5, 5.41) is 9.60. The highest BCUT2D eigenvalue weighted by Crippen LogP contribution is 2.50. The molecular formula is C18H24O4. The molecule has 0 aromatic heterocycles. The summed E-state index contributed by atoms with van der Waals surface area (Å²) in [5.41, 5.74) is 1.62. The third-order valence-corrected chi connectivity index (χ3v) is 3.94. The lowest BCUT2D eigenvalue weighted by molar-refractivity contribution is 0.0692. The van der Waals surface area contributed by atoms with Crippen LogP contribution < -0.4 is 4.74 Å². The highest BCUT2D eigenvalue weighted by atomic mass is 16.5. The van der Waals surface area contributed by atoms with Gasteiger partial charge in [0.05, 0.1) is 13.7 Å². The number of benzene rings is 1. The van der Waals surface area contributed by atoms with E-state index >= 15 is 0 Å². The Balaban J connectivity index is 2.78. The molecule has 4 nitrogen and oxygen atoms in total. The molecule has 22 heavy (non-hydrogen) atoms. The van der Waals surface area contributed by atoms with Crippen LogP contribution in [-0.4, -0.2) is 24.8 Å². The summed E-state index contributed by atoms with van der Waals surface area (Å²) in [7, 11) is 1.48. The Bertz CT molecular complexity index is 633. The number of carboxylic acid groups (broad SMARTS) is 1. The van der Waals surface area contributed by atoms with E-state index in [9.17, 15) is 9.90 Å². The molecule has 0 aliphatic carbocycles. The molecule has 1 aliphatic rings. The van der Waals surface area contributed by atoms with E-state index < -0.39 is 5.97 Å². The van der Waals surface area contributed by atoms with Gasteiger partial charge in [-0.05, 0) is 17.1 Å². The number of methoxy groups -OCH3 is 1. The van der Waals surface area contributed by atoms with Crippen LogP contribution in [0.3, 0.4) is 0 Å². The van der Waals surface area contributed by atoms with Crippen molar-refractivity contribution in [2.24, 2.45) is 10.8 Å². The zero-order valence-electron chi connectivity index (χ0n) is 14.1. The average Bonchev–Trinajstić information content (AvgIpc) is 2.73. The van der Waals surface area contributed by atoms with E-state index in [2.05, 4.69) is 34.6 Å². The van der Waals surface area contributed by atoms with Crippen molar-refractivity contribution in [2.45, 2.75) is 34.6 Å². The van der Waals surface area contributed by atoms with E-state index in [1.165, 1.54) is 7.11 Å². The summed E-state index contributed by atoms with van der Waals surface area (Å²) in [5.74, 6) is 0.00869. The minimum absolute atomic E-state index is 0.117. The molecule has 1 N–H and O–H groups in total. The SMILES string of the molecule is COc1cccc(C2=C(C(C)(C)C)C(C)(C)CO2)c1C(=O)O. The number of rotatable bonds is 3. The number of carbonyl (C=O) groups is 1. The van der Waals surface area contributed by atoms with Crippen molar-refractivity contribution in [1.29, 1.82) is 0 Å². The van der Waals surface area contributed by atoms with Crippen molar-refractivity contribution in [2.75, 3.05) is 13.7 Å². The van der Waals surface area contributed by atoms with Crippen molar-refractivity contribution < 1.29 is 19.4 Å². The predicted octanol–water partition coefficient (Wildman–Crippen LogP) is 4.21. The van der Waals surface area contributed by atoms with Gasteiger partial charge in [-0.25, -0.2) is 4.79 Å². The van der Waals surface area contributed by atoms with Crippen molar-refractivity contribution in [3.05, 3.63) is 34.9 Å². The lowest BCUT2D eigenvalue weighted by Crippen LogP contribution is -2.24. The quantitative estimate of drug-likeness (QED) is 0.909. The van der Waals surface area contributed by atoms with Crippen LogP contribution in [0.1, 0.15) is 50.5 Å². The summed E-state index contributed by atoms with van der Waals surface area (Å²) >= 11 is 0. The van der Waals surface area contributed by atoms with Gasteiger partial charge in [-0.1, -0.05) is 46.8 Å². The van der Waals surface area contributed by atoms with Crippen LogP contribution >= 0.6 is 0 Å². The largest absolute Gasteiger partial charge is 0.496 e. The second-order valence-corrected chi connectivity index (χ2v) is 7.31. The fourth-order valence-corrected chi connectivity index (χ4v) is 3.38. The molecule has 2 rings (SSSR count). The van der Waals surface area contributed by atoms with Gasteiger partial charge in [0.15, 0.2) is 0 Å². The number of aromatic carboxylic acids is 1. The van der Waals surface area contributed by atoms with Gasteiger partial charge in [-0.15, -0.1) is 0 Å². The molecule has 0 atom stereocenters. The Hall–Kier alpha value is -1.97. The van der Waals surface area contributed by atoms with Gasteiger partial charge in [-0.2, -0.15) is 0 Å². The zero-order chi connectivity index (χ0) is 16.7. The summed E-state index contributed by atoms with van der Waals surface area (Å²) in [6.45, 7) is 11.2. The highest BCUT2D eigenvalue weighted by Gasteiger charge is 2.42. The molecule has 1 aromatic carbocycles. The first-order chi connectivity index (χ1) is 10.1. The number of ether oxygens (including phenoxy) is 2. The molecule has 0 radical (unpaired) electrons. The normalized spacial score (nSPS) is 17.4. The second kappa shape index (κ2) is 5.34. The minimum Gasteiger partial charge on any atom is -0.496 e. The Kier molecular flexibility index (Phi) is 3.98. The molecule has 120 valence electrons. The average molecular weight is 304 g/mol. The van der Waals surface area contributed by atoms with Gasteiger partial charge in [0.25, 0.3) is 0 Å². The lowest BCUT2D eigenvalue weighted by atomic mass is 9.71. The molecule has 4 heteroatoms. The molecule has 0 spiro atoms. The van der Waals surface area contributed by atoms with Gasteiger partial charge in [0.1, 0.15) is 17.1 Å². The second-order valence-electron chi connectivity index (χ2n) is 7.31. The van der Waals surface area contributed by atoms with Crippen molar-refractivity contribution >= 4 is 11.7 Å². The van der Waals surface area contributed by atoms with Crippen LogP contribution in [0.4, 0.5) is 0 Å². The Morgan fingerprint density at radius 2 is 1.95 bits per heavy atom. The molecule has 0 bridgehead atoms. The monoisotopic (exact) mass is 304 g/mol. The van der Waals surface area contributed by atoms with Gasteiger partial charge in [0.2, 0.25) is 0 Å². The van der Waals surface area contributed by atoms with Crippen molar-refractivity contribution in [3.8, 4) is 5.75 Å². The molecule has 0 saturated heterocycles. The third-order valence-electron chi connectivity index (χ3n) is 3.94. The van der Waals surface area contributed by atoms with E-state index in [0.29, 0.717) is 23.7 Å². The number of carboxylic acids is 1. The maximum absolute atomic E-state index is 11.7. The van der Waals surface area contributed by atoms with Crippen LogP contribution in [0.5, 0.6) is 5.75 Å². The van der Waals surface area contributed by atoms with Gasteiger partial charge < -0.3 is 14.6 Å². The first kappa shape index (κ1) is 16.4. The summed E-state index contributed by atoms with van der Waals surface area (Å²) in [6.07, 6.45) is 0. The predicted molar refractivity (Wildman–Crippen MR) is 86.1 cm³/mol. The fourth-order valence-electron chi connectivity index (χ4n) is 3.38. The van der Waals surface area contributed by atoms with Crippen molar-refractivity contribution in [1.82, 2.24) is 0 Å². The van der Waals surface area contributed by atoms with Gasteiger partial charge in [-0.3, -0.25) is 0 Å². The van der Waals surface area contributed by atoms with Crippen LogP contribution in [-0.2, 0) is 4.74 Å². The van der Waals surface area contributed by atoms with Crippen LogP contribution in [0, 0.1) is 10.8 Å². The highest BCUT2D eigenvalue weighted by molar-refractivity contribution is 5.97. The van der Waals surface area contributed by atoms with Crippen LogP contribution in [0.25, 0.3) is 5.76 Å². The third kappa shape index (κ3) is 2.70. The smallest absolute Gasteiger partial charge is 0.340 e.